The summed E-state index contributed by atoms with van der Waals surface area (Å²) in [7, 11) is 0. The van der Waals surface area contributed by atoms with Crippen molar-refractivity contribution in [2.45, 2.75) is 37.2 Å². The molecule has 1 saturated heterocycles. The third-order valence-electron chi connectivity index (χ3n) is 5.54. The maximum atomic E-state index is 6.32. The molecule has 1 N–H and O–H groups in total. The number of rotatable bonds is 7. The van der Waals surface area contributed by atoms with Crippen LogP contribution in [0.3, 0.4) is 0 Å². The van der Waals surface area contributed by atoms with Crippen LogP contribution in [0.25, 0.3) is 11.0 Å². The first-order valence-corrected chi connectivity index (χ1v) is 12.2. The molecule has 3 heterocycles. The summed E-state index contributed by atoms with van der Waals surface area (Å²) < 4.78 is 2.06. The number of fused-ring (bicyclic) bond motifs is 1. The van der Waals surface area contributed by atoms with Crippen molar-refractivity contribution in [3.05, 3.63) is 59.1 Å². The van der Waals surface area contributed by atoms with Crippen molar-refractivity contribution < 1.29 is 0 Å². The molecule has 0 spiro atoms. The van der Waals surface area contributed by atoms with Gasteiger partial charge in [-0.2, -0.15) is 0 Å². The zero-order valence-electron chi connectivity index (χ0n) is 17.8. The second-order valence-electron chi connectivity index (χ2n) is 7.63. The summed E-state index contributed by atoms with van der Waals surface area (Å²) in [5.74, 6) is 2.98. The number of halogens is 1. The van der Waals surface area contributed by atoms with Crippen molar-refractivity contribution in [2.24, 2.45) is 0 Å². The van der Waals surface area contributed by atoms with Crippen molar-refractivity contribution >= 4 is 52.0 Å². The molecule has 0 aliphatic carbocycles. The Hall–Kier alpha value is -2.84. The Balaban J connectivity index is 1.44. The van der Waals surface area contributed by atoms with E-state index in [4.69, 9.17) is 21.6 Å². The van der Waals surface area contributed by atoms with E-state index in [9.17, 15) is 0 Å². The van der Waals surface area contributed by atoms with Gasteiger partial charge in [-0.25, -0.2) is 9.97 Å². The molecule has 164 valence electrons. The number of nitrogens with one attached hydrogen (secondary N) is 1. The number of hydrogen-bond donors (Lipinski definition) is 1. The zero-order chi connectivity index (χ0) is 21.9. The second kappa shape index (κ2) is 9.34. The van der Waals surface area contributed by atoms with Gasteiger partial charge in [0.05, 0.1) is 11.0 Å². The Labute approximate surface area is 196 Å². The van der Waals surface area contributed by atoms with Crippen LogP contribution in [0.1, 0.15) is 25.3 Å². The average Bonchev–Trinajstić information content (AvgIpc) is 3.48. The van der Waals surface area contributed by atoms with Gasteiger partial charge in [-0.1, -0.05) is 53.7 Å². The standard InChI is InChI=1S/C23H24ClN7S/c1-2-31-22(28-29-23(31)32-15-16-9-3-4-10-17(16)24)27-20-21(30-13-7-8-14-30)26-19-12-6-5-11-18(19)25-20/h3-6,9-12H,2,7-8,13-15H2,1H3,(H,25,27,28). The minimum Gasteiger partial charge on any atom is -0.354 e. The van der Waals surface area contributed by atoms with Gasteiger partial charge in [-0.15, -0.1) is 10.2 Å². The van der Waals surface area contributed by atoms with Gasteiger partial charge in [0.1, 0.15) is 0 Å². The van der Waals surface area contributed by atoms with E-state index in [0.29, 0.717) is 5.95 Å². The lowest BCUT2D eigenvalue weighted by Crippen LogP contribution is -2.21. The fourth-order valence-electron chi connectivity index (χ4n) is 3.86. The van der Waals surface area contributed by atoms with E-state index >= 15 is 0 Å². The Morgan fingerprint density at radius 2 is 1.69 bits per heavy atom. The number of hydrogen-bond acceptors (Lipinski definition) is 7. The summed E-state index contributed by atoms with van der Waals surface area (Å²) in [5, 5.41) is 13.9. The molecule has 5 rings (SSSR count). The number of para-hydroxylation sites is 2. The largest absolute Gasteiger partial charge is 0.354 e. The number of aromatic nitrogens is 5. The second-order valence-corrected chi connectivity index (χ2v) is 8.98. The predicted octanol–water partition coefficient (Wildman–Crippen LogP) is 5.53. The fourth-order valence-corrected chi connectivity index (χ4v) is 5.15. The summed E-state index contributed by atoms with van der Waals surface area (Å²) >= 11 is 7.94. The molecular weight excluding hydrogens is 442 g/mol. The van der Waals surface area contributed by atoms with Gasteiger partial charge in [0.15, 0.2) is 16.8 Å². The highest BCUT2D eigenvalue weighted by atomic mass is 35.5. The van der Waals surface area contributed by atoms with E-state index in [2.05, 4.69) is 31.9 Å². The highest BCUT2D eigenvalue weighted by Gasteiger charge is 2.21. The summed E-state index contributed by atoms with van der Waals surface area (Å²) in [6.07, 6.45) is 2.34. The molecule has 1 fully saturated rings. The molecule has 0 unspecified atom stereocenters. The smallest absolute Gasteiger partial charge is 0.231 e. The van der Waals surface area contributed by atoms with Crippen LogP contribution in [0, 0.1) is 0 Å². The third kappa shape index (κ3) is 4.25. The molecule has 9 heteroatoms. The van der Waals surface area contributed by atoms with Crippen LogP contribution in [0.5, 0.6) is 0 Å². The lowest BCUT2D eigenvalue weighted by molar-refractivity contribution is 0.688. The fraction of sp³-hybridized carbons (Fsp3) is 0.304. The van der Waals surface area contributed by atoms with Gasteiger partial charge < -0.3 is 10.2 Å². The van der Waals surface area contributed by atoms with Crippen LogP contribution in [0.2, 0.25) is 5.02 Å². The topological polar surface area (TPSA) is 71.8 Å². The molecule has 0 bridgehead atoms. The Morgan fingerprint density at radius 3 is 2.44 bits per heavy atom. The van der Waals surface area contributed by atoms with E-state index in [1.807, 2.05) is 48.5 Å². The summed E-state index contributed by atoms with van der Waals surface area (Å²) in [6, 6.07) is 15.8. The minimum absolute atomic E-state index is 0.666. The number of thioether (sulfide) groups is 1. The quantitative estimate of drug-likeness (QED) is 0.360. The molecule has 1 aliphatic rings. The van der Waals surface area contributed by atoms with Crippen molar-refractivity contribution in [3.8, 4) is 0 Å². The van der Waals surface area contributed by atoms with Crippen LogP contribution in [0.15, 0.2) is 53.7 Å². The maximum absolute atomic E-state index is 6.32. The first-order valence-electron chi connectivity index (χ1n) is 10.8. The van der Waals surface area contributed by atoms with Crippen LogP contribution in [-0.2, 0) is 12.3 Å². The molecule has 4 aromatic rings. The van der Waals surface area contributed by atoms with E-state index in [1.165, 1.54) is 12.8 Å². The van der Waals surface area contributed by atoms with Crippen molar-refractivity contribution in [3.63, 3.8) is 0 Å². The Kier molecular flexibility index (Phi) is 6.14. The number of anilines is 3. The van der Waals surface area contributed by atoms with E-state index in [1.54, 1.807) is 11.8 Å². The zero-order valence-corrected chi connectivity index (χ0v) is 19.4. The Bertz CT molecular complexity index is 1240. The van der Waals surface area contributed by atoms with Gasteiger partial charge in [0, 0.05) is 30.4 Å². The highest BCUT2D eigenvalue weighted by Crippen LogP contribution is 2.32. The van der Waals surface area contributed by atoms with Gasteiger partial charge in [0.2, 0.25) is 5.95 Å². The molecule has 2 aromatic carbocycles. The molecule has 7 nitrogen and oxygen atoms in total. The van der Waals surface area contributed by atoms with E-state index < -0.39 is 0 Å². The molecule has 32 heavy (non-hydrogen) atoms. The van der Waals surface area contributed by atoms with Gasteiger partial charge >= 0.3 is 0 Å². The molecular formula is C23H24ClN7S. The molecule has 0 atom stereocenters. The minimum atomic E-state index is 0.666. The van der Waals surface area contributed by atoms with Crippen molar-refractivity contribution in [2.75, 3.05) is 23.3 Å². The number of nitrogens with zero attached hydrogens (tertiary/aromatic N) is 6. The molecule has 0 amide bonds. The predicted molar refractivity (Wildman–Crippen MR) is 131 cm³/mol. The first-order chi connectivity index (χ1) is 15.7. The van der Waals surface area contributed by atoms with Gasteiger partial charge in [0.25, 0.3) is 0 Å². The normalized spacial score (nSPS) is 13.8. The van der Waals surface area contributed by atoms with Crippen LogP contribution in [0.4, 0.5) is 17.6 Å². The molecule has 2 aromatic heterocycles. The first kappa shape index (κ1) is 21.0. The van der Waals surface area contributed by atoms with Crippen LogP contribution < -0.4 is 10.2 Å². The van der Waals surface area contributed by atoms with Crippen LogP contribution in [-0.4, -0.2) is 37.8 Å². The molecule has 1 aliphatic heterocycles. The highest BCUT2D eigenvalue weighted by molar-refractivity contribution is 7.98. The lowest BCUT2D eigenvalue weighted by Gasteiger charge is -2.20. The monoisotopic (exact) mass is 465 g/mol. The third-order valence-corrected chi connectivity index (χ3v) is 6.92. The number of benzene rings is 2. The SMILES string of the molecule is CCn1c(Nc2nc3ccccc3nc2N2CCCC2)nnc1SCc1ccccc1Cl. The van der Waals surface area contributed by atoms with Crippen LogP contribution >= 0.6 is 23.4 Å². The van der Waals surface area contributed by atoms with Gasteiger partial charge in [-0.3, -0.25) is 4.57 Å². The maximum Gasteiger partial charge on any atom is 0.231 e. The van der Waals surface area contributed by atoms with E-state index in [-0.39, 0.29) is 0 Å². The van der Waals surface area contributed by atoms with Crippen molar-refractivity contribution in [1.29, 1.82) is 0 Å². The van der Waals surface area contributed by atoms with Gasteiger partial charge in [-0.05, 0) is 43.5 Å². The van der Waals surface area contributed by atoms with Crippen molar-refractivity contribution in [1.82, 2.24) is 24.7 Å². The summed E-state index contributed by atoms with van der Waals surface area (Å²) in [4.78, 5) is 12.1. The summed E-state index contributed by atoms with van der Waals surface area (Å²) in [5.41, 5.74) is 2.83. The Morgan fingerprint density at radius 1 is 0.969 bits per heavy atom. The average molecular weight is 466 g/mol. The molecule has 0 radical (unpaired) electrons. The lowest BCUT2D eigenvalue weighted by atomic mass is 10.2. The van der Waals surface area contributed by atoms with E-state index in [0.717, 1.165) is 63.8 Å². The summed E-state index contributed by atoms with van der Waals surface area (Å²) in [6.45, 7) is 4.80. The molecule has 0 saturated carbocycles.